The van der Waals surface area contributed by atoms with Gasteiger partial charge in [0.25, 0.3) is 5.91 Å². The zero-order valence-electron chi connectivity index (χ0n) is 15.2. The highest BCUT2D eigenvalue weighted by molar-refractivity contribution is 7.09. The molecular weight excluding hydrogens is 384 g/mol. The van der Waals surface area contributed by atoms with Crippen molar-refractivity contribution in [3.05, 3.63) is 58.2 Å². The standard InChI is InChI=1S/C20H19F2N3O2S/c1-12-24-18(11-28-12)13-8-17(23-10-13)20(26)25-6-4-15(5-7-25)27-19-3-2-14(21)9-16(19)22/h2-3,8-11,15,23H,4-7H2,1H3. The summed E-state index contributed by atoms with van der Waals surface area (Å²) in [6.07, 6.45) is 2.75. The molecule has 146 valence electrons. The molecule has 1 N–H and O–H groups in total. The van der Waals surface area contributed by atoms with Gasteiger partial charge in [0.05, 0.1) is 10.7 Å². The van der Waals surface area contributed by atoms with Crippen LogP contribution in [0.25, 0.3) is 11.3 Å². The summed E-state index contributed by atoms with van der Waals surface area (Å²) in [6, 6.07) is 5.08. The molecule has 2 aromatic heterocycles. The van der Waals surface area contributed by atoms with E-state index in [2.05, 4.69) is 9.97 Å². The predicted molar refractivity (Wildman–Crippen MR) is 103 cm³/mol. The highest BCUT2D eigenvalue weighted by atomic mass is 32.1. The maximum Gasteiger partial charge on any atom is 0.270 e. The summed E-state index contributed by atoms with van der Waals surface area (Å²) in [7, 11) is 0. The molecule has 0 radical (unpaired) electrons. The van der Waals surface area contributed by atoms with Crippen LogP contribution in [-0.2, 0) is 0 Å². The molecule has 0 atom stereocenters. The second kappa shape index (κ2) is 7.71. The first-order valence-corrected chi connectivity index (χ1v) is 9.89. The molecule has 5 nitrogen and oxygen atoms in total. The Balaban J connectivity index is 1.36. The van der Waals surface area contributed by atoms with Crippen LogP contribution in [0.1, 0.15) is 28.3 Å². The lowest BCUT2D eigenvalue weighted by Crippen LogP contribution is -2.42. The number of ether oxygens (including phenoxy) is 1. The van der Waals surface area contributed by atoms with E-state index in [1.54, 1.807) is 22.4 Å². The van der Waals surface area contributed by atoms with Crippen molar-refractivity contribution in [3.63, 3.8) is 0 Å². The Morgan fingerprint density at radius 3 is 2.75 bits per heavy atom. The number of nitrogens with zero attached hydrogens (tertiary/aromatic N) is 2. The van der Waals surface area contributed by atoms with Crippen molar-refractivity contribution >= 4 is 17.2 Å². The smallest absolute Gasteiger partial charge is 0.270 e. The number of carbonyl (C=O) groups excluding carboxylic acids is 1. The third-order valence-corrected chi connectivity index (χ3v) is 5.52. The van der Waals surface area contributed by atoms with E-state index in [9.17, 15) is 13.6 Å². The van der Waals surface area contributed by atoms with Crippen molar-refractivity contribution in [2.24, 2.45) is 0 Å². The molecular formula is C20H19F2N3O2S. The molecule has 8 heteroatoms. The Morgan fingerprint density at radius 1 is 1.29 bits per heavy atom. The first-order valence-electron chi connectivity index (χ1n) is 9.01. The van der Waals surface area contributed by atoms with Crippen molar-refractivity contribution in [1.82, 2.24) is 14.9 Å². The number of thiazole rings is 1. The molecule has 0 saturated carbocycles. The molecule has 3 heterocycles. The number of likely N-dealkylation sites (tertiary alicyclic amines) is 1. The molecule has 0 bridgehead atoms. The largest absolute Gasteiger partial charge is 0.487 e. The lowest BCUT2D eigenvalue weighted by Gasteiger charge is -2.32. The van der Waals surface area contributed by atoms with Crippen LogP contribution >= 0.6 is 11.3 Å². The Kier molecular flexibility index (Phi) is 5.13. The van der Waals surface area contributed by atoms with E-state index < -0.39 is 11.6 Å². The summed E-state index contributed by atoms with van der Waals surface area (Å²) < 4.78 is 32.4. The van der Waals surface area contributed by atoms with Crippen molar-refractivity contribution in [2.75, 3.05) is 13.1 Å². The lowest BCUT2D eigenvalue weighted by molar-refractivity contribution is 0.0583. The number of aromatic nitrogens is 2. The number of carbonyl (C=O) groups is 1. The maximum absolute atomic E-state index is 13.7. The number of piperidine rings is 1. The SMILES string of the molecule is Cc1nc(-c2c[nH]c(C(=O)N3CCC(Oc4ccc(F)cc4F)CC3)c2)cs1. The van der Waals surface area contributed by atoms with Crippen molar-refractivity contribution in [1.29, 1.82) is 0 Å². The Labute approximate surface area is 165 Å². The molecule has 28 heavy (non-hydrogen) atoms. The fraction of sp³-hybridized carbons (Fsp3) is 0.300. The van der Waals surface area contributed by atoms with Gasteiger partial charge >= 0.3 is 0 Å². The fourth-order valence-corrected chi connectivity index (χ4v) is 3.88. The Morgan fingerprint density at radius 2 is 2.07 bits per heavy atom. The minimum Gasteiger partial charge on any atom is -0.487 e. The van der Waals surface area contributed by atoms with Crippen LogP contribution in [0, 0.1) is 18.6 Å². The first kappa shape index (κ1) is 18.6. The minimum atomic E-state index is -0.713. The van der Waals surface area contributed by atoms with Gasteiger partial charge in [0, 0.05) is 49.1 Å². The van der Waals surface area contributed by atoms with Gasteiger partial charge in [-0.2, -0.15) is 0 Å². The number of aromatic amines is 1. The lowest BCUT2D eigenvalue weighted by atomic mass is 10.1. The van der Waals surface area contributed by atoms with E-state index in [1.165, 1.54) is 12.1 Å². The Bertz CT molecular complexity index is 993. The molecule has 1 aliphatic rings. The van der Waals surface area contributed by atoms with Crippen molar-refractivity contribution in [2.45, 2.75) is 25.9 Å². The monoisotopic (exact) mass is 403 g/mol. The van der Waals surface area contributed by atoms with Gasteiger partial charge < -0.3 is 14.6 Å². The normalized spacial score (nSPS) is 15.0. The van der Waals surface area contributed by atoms with Gasteiger partial charge in [-0.1, -0.05) is 0 Å². The van der Waals surface area contributed by atoms with E-state index in [-0.39, 0.29) is 17.8 Å². The molecule has 1 saturated heterocycles. The van der Waals surface area contributed by atoms with Crippen molar-refractivity contribution < 1.29 is 18.3 Å². The fourth-order valence-electron chi connectivity index (χ4n) is 3.26. The highest BCUT2D eigenvalue weighted by Crippen LogP contribution is 2.25. The van der Waals surface area contributed by atoms with Gasteiger partial charge in [-0.25, -0.2) is 13.8 Å². The summed E-state index contributed by atoms with van der Waals surface area (Å²) in [5, 5.41) is 2.94. The van der Waals surface area contributed by atoms with Crippen LogP contribution in [0.2, 0.25) is 0 Å². The zero-order valence-corrected chi connectivity index (χ0v) is 16.1. The summed E-state index contributed by atoms with van der Waals surface area (Å²) >= 11 is 1.57. The molecule has 1 aromatic carbocycles. The molecule has 1 amide bonds. The topological polar surface area (TPSA) is 58.2 Å². The first-order chi connectivity index (χ1) is 13.5. The summed E-state index contributed by atoms with van der Waals surface area (Å²) in [6.45, 7) is 2.96. The molecule has 3 aromatic rings. The second-order valence-electron chi connectivity index (χ2n) is 6.74. The third kappa shape index (κ3) is 3.91. The number of nitrogens with one attached hydrogen (secondary N) is 1. The number of halogens is 2. The number of benzene rings is 1. The molecule has 0 unspecified atom stereocenters. The second-order valence-corrected chi connectivity index (χ2v) is 7.80. The van der Waals surface area contributed by atoms with E-state index in [0.29, 0.717) is 31.6 Å². The summed E-state index contributed by atoms with van der Waals surface area (Å²) in [5.41, 5.74) is 2.26. The van der Waals surface area contributed by atoms with E-state index in [4.69, 9.17) is 4.74 Å². The average molecular weight is 403 g/mol. The Hall–Kier alpha value is -2.74. The van der Waals surface area contributed by atoms with Crippen LogP contribution in [-0.4, -0.2) is 40.0 Å². The number of H-pyrrole nitrogens is 1. The number of rotatable bonds is 4. The van der Waals surface area contributed by atoms with Crippen LogP contribution in [0.5, 0.6) is 5.75 Å². The number of aryl methyl sites for hydroxylation is 1. The maximum atomic E-state index is 13.7. The van der Waals surface area contributed by atoms with Gasteiger partial charge in [-0.05, 0) is 25.1 Å². The molecule has 0 aliphatic carbocycles. The van der Waals surface area contributed by atoms with Crippen molar-refractivity contribution in [3.8, 4) is 17.0 Å². The molecule has 1 fully saturated rings. The van der Waals surface area contributed by atoms with Gasteiger partial charge in [0.1, 0.15) is 17.6 Å². The zero-order chi connectivity index (χ0) is 19.7. The van der Waals surface area contributed by atoms with E-state index in [1.807, 2.05) is 18.4 Å². The summed E-state index contributed by atoms with van der Waals surface area (Å²) in [4.78, 5) is 22.0. The molecule has 1 aliphatic heterocycles. The minimum absolute atomic E-state index is 0.0405. The van der Waals surface area contributed by atoms with Gasteiger partial charge in [0.2, 0.25) is 0 Å². The van der Waals surface area contributed by atoms with E-state index in [0.717, 1.165) is 22.3 Å². The van der Waals surface area contributed by atoms with Gasteiger partial charge in [-0.15, -0.1) is 11.3 Å². The number of hydrogen-bond donors (Lipinski definition) is 1. The van der Waals surface area contributed by atoms with Crippen LogP contribution < -0.4 is 4.74 Å². The van der Waals surface area contributed by atoms with Crippen LogP contribution in [0.3, 0.4) is 0 Å². The quantitative estimate of drug-likeness (QED) is 0.702. The van der Waals surface area contributed by atoms with Crippen LogP contribution in [0.15, 0.2) is 35.8 Å². The summed E-state index contributed by atoms with van der Waals surface area (Å²) in [5.74, 6) is -1.39. The van der Waals surface area contributed by atoms with E-state index >= 15 is 0 Å². The highest BCUT2D eigenvalue weighted by Gasteiger charge is 2.26. The predicted octanol–water partition coefficient (Wildman–Crippen LogP) is 4.41. The molecule has 0 spiro atoms. The van der Waals surface area contributed by atoms with Gasteiger partial charge in [0.15, 0.2) is 11.6 Å². The van der Waals surface area contributed by atoms with Crippen LogP contribution in [0.4, 0.5) is 8.78 Å². The number of amides is 1. The molecule has 4 rings (SSSR count). The van der Waals surface area contributed by atoms with Gasteiger partial charge in [-0.3, -0.25) is 4.79 Å². The average Bonchev–Trinajstić information content (AvgIpc) is 3.33. The number of hydrogen-bond acceptors (Lipinski definition) is 4. The third-order valence-electron chi connectivity index (χ3n) is 4.74.